The number of nitrogens with one attached hydrogen (secondary N) is 2. The van der Waals surface area contributed by atoms with E-state index in [-0.39, 0.29) is 33.9 Å². The Hall–Kier alpha value is -4.79. The molecule has 4 rings (SSSR count). The Morgan fingerprint density at radius 1 is 1.09 bits per heavy atom. The summed E-state index contributed by atoms with van der Waals surface area (Å²) in [7, 11) is 1.34. The van der Waals surface area contributed by atoms with E-state index in [2.05, 4.69) is 21.9 Å². The zero-order valence-electron chi connectivity index (χ0n) is 18.0. The van der Waals surface area contributed by atoms with Crippen LogP contribution in [0.3, 0.4) is 0 Å². The number of carboxylic acid groups (broad SMARTS) is 1. The molecule has 0 saturated carbocycles. The Bertz CT molecular complexity index is 1460. The van der Waals surface area contributed by atoms with Gasteiger partial charge >= 0.3 is 6.09 Å². The number of anilines is 2. The molecule has 0 radical (unpaired) electrons. The third kappa shape index (κ3) is 4.14. The van der Waals surface area contributed by atoms with Crippen LogP contribution in [0, 0.1) is 5.82 Å². The summed E-state index contributed by atoms with van der Waals surface area (Å²) in [6.07, 6.45) is 0.151. The molecular formula is C25H19FN4O4. The summed E-state index contributed by atoms with van der Waals surface area (Å²) in [5.41, 5.74) is 1.61. The maximum absolute atomic E-state index is 14.5. The summed E-state index contributed by atoms with van der Waals surface area (Å²) in [5, 5.41) is 11.6. The van der Waals surface area contributed by atoms with Crippen molar-refractivity contribution in [2.75, 3.05) is 17.3 Å². The zero-order valence-corrected chi connectivity index (χ0v) is 18.0. The molecular weight excluding hydrogens is 439 g/mol. The lowest BCUT2D eigenvalue weighted by Crippen LogP contribution is -2.24. The number of ketones is 1. The number of fused-ring (bicyclic) bond motifs is 1. The molecule has 0 bridgehead atoms. The quantitative estimate of drug-likeness (QED) is 0.354. The van der Waals surface area contributed by atoms with E-state index in [0.29, 0.717) is 11.0 Å². The number of benzene rings is 3. The molecule has 3 aromatic carbocycles. The predicted molar refractivity (Wildman–Crippen MR) is 127 cm³/mol. The summed E-state index contributed by atoms with van der Waals surface area (Å²) in [4.78, 5) is 45.4. The highest BCUT2D eigenvalue weighted by atomic mass is 19.1. The molecule has 9 heteroatoms. The highest BCUT2D eigenvalue weighted by Gasteiger charge is 2.21. The van der Waals surface area contributed by atoms with Gasteiger partial charge in [0.2, 0.25) is 5.95 Å². The van der Waals surface area contributed by atoms with E-state index in [1.165, 1.54) is 49.5 Å². The van der Waals surface area contributed by atoms with Crippen molar-refractivity contribution in [2.24, 2.45) is 0 Å². The first-order valence-corrected chi connectivity index (χ1v) is 10.1. The van der Waals surface area contributed by atoms with Gasteiger partial charge in [-0.1, -0.05) is 43.0 Å². The van der Waals surface area contributed by atoms with Crippen LogP contribution in [0.5, 0.6) is 0 Å². The van der Waals surface area contributed by atoms with Gasteiger partial charge in [-0.2, -0.15) is 0 Å². The Kier molecular flexibility index (Phi) is 5.92. The second-order valence-corrected chi connectivity index (χ2v) is 7.38. The second-order valence-electron chi connectivity index (χ2n) is 7.38. The zero-order chi connectivity index (χ0) is 24.4. The first-order valence-electron chi connectivity index (χ1n) is 10.1. The minimum atomic E-state index is -1.19. The molecule has 170 valence electrons. The SMILES string of the molecule is C=Cc1cccc(NC(=O)c2ccccc2C(=O)c2ccc3nc(N(C)C(=O)O)[nH]c3c2)c1F. The van der Waals surface area contributed by atoms with Gasteiger partial charge in [-0.15, -0.1) is 0 Å². The number of nitrogens with zero attached hydrogens (tertiary/aromatic N) is 2. The molecule has 0 fully saturated rings. The predicted octanol–water partition coefficient (Wildman–Crippen LogP) is 4.94. The normalized spacial score (nSPS) is 10.6. The molecule has 0 aliphatic heterocycles. The average molecular weight is 458 g/mol. The number of aromatic nitrogens is 2. The van der Waals surface area contributed by atoms with E-state index in [0.717, 1.165) is 4.90 Å². The molecule has 1 aromatic heterocycles. The van der Waals surface area contributed by atoms with Crippen molar-refractivity contribution in [3.63, 3.8) is 0 Å². The van der Waals surface area contributed by atoms with Crippen LogP contribution in [-0.2, 0) is 0 Å². The number of carbonyl (C=O) groups is 3. The van der Waals surface area contributed by atoms with Crippen molar-refractivity contribution in [2.45, 2.75) is 0 Å². The minimum absolute atomic E-state index is 0.0291. The molecule has 3 N–H and O–H groups in total. The number of halogens is 1. The van der Waals surface area contributed by atoms with Crippen molar-refractivity contribution in [1.82, 2.24) is 9.97 Å². The first-order chi connectivity index (χ1) is 16.3. The number of carbonyl (C=O) groups excluding carboxylic acids is 2. The third-order valence-corrected chi connectivity index (χ3v) is 5.25. The summed E-state index contributed by atoms with van der Waals surface area (Å²) in [6.45, 7) is 3.55. The smallest absolute Gasteiger partial charge is 0.413 e. The highest BCUT2D eigenvalue weighted by molar-refractivity contribution is 6.18. The number of amides is 2. The lowest BCUT2D eigenvalue weighted by atomic mass is 9.97. The number of aromatic amines is 1. The van der Waals surface area contributed by atoms with Gasteiger partial charge in [0.05, 0.1) is 22.3 Å². The van der Waals surface area contributed by atoms with Crippen molar-refractivity contribution in [1.29, 1.82) is 0 Å². The van der Waals surface area contributed by atoms with Crippen molar-refractivity contribution >= 4 is 46.5 Å². The van der Waals surface area contributed by atoms with Crippen LogP contribution in [0.4, 0.5) is 20.8 Å². The van der Waals surface area contributed by atoms with E-state index >= 15 is 0 Å². The maximum Gasteiger partial charge on any atom is 0.413 e. The Balaban J connectivity index is 1.66. The summed E-state index contributed by atoms with van der Waals surface area (Å²) >= 11 is 0. The van der Waals surface area contributed by atoms with Gasteiger partial charge in [0.15, 0.2) is 11.6 Å². The molecule has 0 aliphatic rings. The molecule has 8 nitrogen and oxygen atoms in total. The van der Waals surface area contributed by atoms with Gasteiger partial charge in [0.1, 0.15) is 0 Å². The maximum atomic E-state index is 14.5. The average Bonchev–Trinajstić information content (AvgIpc) is 3.27. The van der Waals surface area contributed by atoms with Crippen LogP contribution in [0.1, 0.15) is 31.8 Å². The molecule has 0 spiro atoms. The van der Waals surface area contributed by atoms with Crippen LogP contribution in [0.15, 0.2) is 67.2 Å². The van der Waals surface area contributed by atoms with E-state index < -0.39 is 23.6 Å². The van der Waals surface area contributed by atoms with Crippen molar-refractivity contribution in [3.05, 3.63) is 95.3 Å². The number of imidazole rings is 1. The van der Waals surface area contributed by atoms with Gasteiger partial charge in [0, 0.05) is 23.7 Å². The number of rotatable bonds is 6. The van der Waals surface area contributed by atoms with E-state index in [1.54, 1.807) is 24.3 Å². The standard InChI is InChI=1S/C25H19FN4O4/c1-3-14-7-6-10-19(21(14)26)27-23(32)17-9-5-4-8-16(17)22(31)15-11-12-18-20(13-15)29-24(28-18)30(2)25(33)34/h3-13H,1H2,2H3,(H,27,32)(H,28,29)(H,33,34). The minimum Gasteiger partial charge on any atom is -0.465 e. The summed E-state index contributed by atoms with van der Waals surface area (Å²) in [5.74, 6) is -1.59. The van der Waals surface area contributed by atoms with Gasteiger partial charge in [-0.05, 0) is 30.3 Å². The number of H-pyrrole nitrogens is 1. The summed E-state index contributed by atoms with van der Waals surface area (Å²) < 4.78 is 14.5. The number of hydrogen-bond donors (Lipinski definition) is 3. The number of hydrogen-bond acceptors (Lipinski definition) is 4. The Labute approximate surface area is 193 Å². The molecule has 34 heavy (non-hydrogen) atoms. The topological polar surface area (TPSA) is 115 Å². The van der Waals surface area contributed by atoms with E-state index in [1.807, 2.05) is 0 Å². The largest absolute Gasteiger partial charge is 0.465 e. The lowest BCUT2D eigenvalue weighted by Gasteiger charge is -2.11. The molecule has 0 aliphatic carbocycles. The van der Waals surface area contributed by atoms with Crippen LogP contribution in [-0.4, -0.2) is 39.9 Å². The van der Waals surface area contributed by atoms with Gasteiger partial charge in [0.25, 0.3) is 5.91 Å². The monoisotopic (exact) mass is 458 g/mol. The molecule has 0 unspecified atom stereocenters. The van der Waals surface area contributed by atoms with E-state index in [4.69, 9.17) is 5.11 Å². The fraction of sp³-hybridized carbons (Fsp3) is 0.0400. The molecule has 0 atom stereocenters. The Morgan fingerprint density at radius 2 is 1.82 bits per heavy atom. The molecule has 4 aromatic rings. The van der Waals surface area contributed by atoms with Gasteiger partial charge in [-0.25, -0.2) is 14.2 Å². The fourth-order valence-corrected chi connectivity index (χ4v) is 3.42. The molecule has 0 saturated heterocycles. The highest BCUT2D eigenvalue weighted by Crippen LogP contribution is 2.23. The van der Waals surface area contributed by atoms with Gasteiger partial charge in [-0.3, -0.25) is 14.5 Å². The lowest BCUT2D eigenvalue weighted by molar-refractivity contribution is 0.0996. The van der Waals surface area contributed by atoms with Crippen LogP contribution in [0.25, 0.3) is 17.1 Å². The first kappa shape index (κ1) is 22.4. The molecule has 1 heterocycles. The van der Waals surface area contributed by atoms with Crippen molar-refractivity contribution in [3.8, 4) is 0 Å². The van der Waals surface area contributed by atoms with Crippen molar-refractivity contribution < 1.29 is 23.9 Å². The Morgan fingerprint density at radius 3 is 2.53 bits per heavy atom. The fourth-order valence-electron chi connectivity index (χ4n) is 3.42. The van der Waals surface area contributed by atoms with E-state index in [9.17, 15) is 18.8 Å². The van der Waals surface area contributed by atoms with Gasteiger partial charge < -0.3 is 15.4 Å². The summed E-state index contributed by atoms with van der Waals surface area (Å²) in [6, 6.07) is 15.4. The van der Waals surface area contributed by atoms with Crippen LogP contribution in [0.2, 0.25) is 0 Å². The van der Waals surface area contributed by atoms with Crippen LogP contribution < -0.4 is 10.2 Å². The second kappa shape index (κ2) is 8.99. The van der Waals surface area contributed by atoms with Crippen LogP contribution >= 0.6 is 0 Å². The third-order valence-electron chi connectivity index (χ3n) is 5.25. The molecule has 2 amide bonds.